The number of benzene rings is 2. The molecule has 0 saturated heterocycles. The predicted molar refractivity (Wildman–Crippen MR) is 207 cm³/mol. The molecule has 0 aliphatic heterocycles. The lowest BCUT2D eigenvalue weighted by Crippen LogP contribution is -2.56. The van der Waals surface area contributed by atoms with Crippen LogP contribution in [0.15, 0.2) is 77.7 Å². The monoisotopic (exact) mass is 710 g/mol. The summed E-state index contributed by atoms with van der Waals surface area (Å²) in [5.74, 6) is 0.205. The SMILES string of the molecule is CC1=CCCC2(C)C(CCC2(O)CN(CCc2cccs2)C(=O)NC(C)c2ccccc2)c2ccc(cc2C(=O)C2CCCCC2)CC(O)CC1. The van der Waals surface area contributed by atoms with Crippen LogP contribution in [-0.4, -0.2) is 51.7 Å². The summed E-state index contributed by atoms with van der Waals surface area (Å²) in [6.07, 6.45) is 12.6. The average molecular weight is 711 g/mol. The molecule has 5 unspecified atom stereocenters. The Hall–Kier alpha value is -3.26. The summed E-state index contributed by atoms with van der Waals surface area (Å²) in [7, 11) is 0. The van der Waals surface area contributed by atoms with E-state index in [1.807, 2.05) is 48.2 Å². The average Bonchev–Trinajstić information content (AvgIpc) is 3.75. The van der Waals surface area contributed by atoms with Gasteiger partial charge in [-0.2, -0.15) is 0 Å². The van der Waals surface area contributed by atoms with E-state index in [4.69, 9.17) is 0 Å². The largest absolute Gasteiger partial charge is 0.393 e. The van der Waals surface area contributed by atoms with Crippen LogP contribution in [0.5, 0.6) is 0 Å². The molecule has 7 heteroatoms. The summed E-state index contributed by atoms with van der Waals surface area (Å²) in [5.41, 5.74) is 3.36. The lowest BCUT2D eigenvalue weighted by atomic mass is 9.64. The van der Waals surface area contributed by atoms with E-state index < -0.39 is 17.1 Å². The van der Waals surface area contributed by atoms with Crippen LogP contribution >= 0.6 is 11.3 Å². The zero-order valence-corrected chi connectivity index (χ0v) is 31.7. The van der Waals surface area contributed by atoms with Gasteiger partial charge in [-0.15, -0.1) is 11.3 Å². The Bertz CT molecular complexity index is 1650. The van der Waals surface area contributed by atoms with Gasteiger partial charge in [0, 0.05) is 28.3 Å². The number of urea groups is 1. The third kappa shape index (κ3) is 8.69. The fraction of sp³-hybridized carbons (Fsp3) is 0.545. The Labute approximate surface area is 309 Å². The maximum Gasteiger partial charge on any atom is 0.317 e. The van der Waals surface area contributed by atoms with E-state index in [-0.39, 0.29) is 36.2 Å². The molecular formula is C44H58N2O4S. The van der Waals surface area contributed by atoms with Crippen LogP contribution < -0.4 is 5.32 Å². The van der Waals surface area contributed by atoms with Gasteiger partial charge in [-0.3, -0.25) is 4.79 Å². The second-order valence-electron chi connectivity index (χ2n) is 16.0. The molecule has 2 saturated carbocycles. The van der Waals surface area contributed by atoms with Crippen molar-refractivity contribution in [3.05, 3.63) is 105 Å². The summed E-state index contributed by atoms with van der Waals surface area (Å²) < 4.78 is 0. The van der Waals surface area contributed by atoms with Crippen molar-refractivity contribution in [2.75, 3.05) is 13.1 Å². The minimum Gasteiger partial charge on any atom is -0.393 e. The van der Waals surface area contributed by atoms with Gasteiger partial charge in [-0.25, -0.2) is 4.79 Å². The second kappa shape index (κ2) is 16.6. The quantitative estimate of drug-likeness (QED) is 0.152. The van der Waals surface area contributed by atoms with Gasteiger partial charge in [0.1, 0.15) is 0 Å². The highest BCUT2D eigenvalue weighted by Crippen LogP contribution is 2.59. The Kier molecular flexibility index (Phi) is 12.2. The molecule has 2 aromatic carbocycles. The number of hydrogen-bond donors (Lipinski definition) is 3. The first-order chi connectivity index (χ1) is 24.6. The van der Waals surface area contributed by atoms with Crippen molar-refractivity contribution >= 4 is 23.2 Å². The molecule has 1 heterocycles. The number of allylic oxidation sites excluding steroid dienone is 2. The molecule has 6 nitrogen and oxygen atoms in total. The number of nitrogens with one attached hydrogen (secondary N) is 1. The third-order valence-corrected chi connectivity index (χ3v) is 13.4. The van der Waals surface area contributed by atoms with Crippen molar-refractivity contribution in [1.29, 1.82) is 0 Å². The molecule has 0 spiro atoms. The molecule has 2 amide bonds. The van der Waals surface area contributed by atoms with Crippen LogP contribution in [0.4, 0.5) is 4.79 Å². The molecule has 2 bridgehead atoms. The Balaban J connectivity index is 1.36. The molecule has 0 radical (unpaired) electrons. The molecule has 5 atom stereocenters. The van der Waals surface area contributed by atoms with Crippen LogP contribution in [0.2, 0.25) is 0 Å². The lowest BCUT2D eigenvalue weighted by Gasteiger charge is -2.46. The first-order valence-corrected chi connectivity index (χ1v) is 20.3. The van der Waals surface area contributed by atoms with E-state index in [9.17, 15) is 19.8 Å². The number of Topliss-reactive ketones (excluding diaryl/α,β-unsaturated/α-hetero) is 1. The molecule has 2 fully saturated rings. The molecular weight excluding hydrogens is 653 g/mol. The standard InChI is InChI=1S/C44H58N2O4S/c1-31-12-10-24-43(3)40(38-21-19-33(28-36(47)20-18-31)29-39(38)41(48)35-15-8-5-9-16-35)22-25-44(43,50)30-46(26-23-37-17-11-27-51-37)42(49)45-32(2)34-13-6-4-7-14-34/h4,6-7,11-14,17,19,21,27,29,32,35-36,40,47,50H,5,8-10,15-16,18,20,22-26,28,30H2,1-3H3,(H,45,49). The minimum absolute atomic E-state index is 0.0247. The van der Waals surface area contributed by atoms with E-state index in [1.54, 1.807) is 11.3 Å². The molecule has 4 aliphatic rings. The Morgan fingerprint density at radius 2 is 1.78 bits per heavy atom. The highest BCUT2D eigenvalue weighted by molar-refractivity contribution is 7.09. The molecule has 274 valence electrons. The van der Waals surface area contributed by atoms with Crippen LogP contribution in [-0.2, 0) is 12.8 Å². The number of carbonyl (C=O) groups is 2. The van der Waals surface area contributed by atoms with Crippen LogP contribution in [0.25, 0.3) is 0 Å². The molecule has 7 rings (SSSR count). The van der Waals surface area contributed by atoms with E-state index >= 15 is 0 Å². The highest BCUT2D eigenvalue weighted by Gasteiger charge is 2.57. The summed E-state index contributed by atoms with van der Waals surface area (Å²) in [6, 6.07) is 20.1. The van der Waals surface area contributed by atoms with Crippen LogP contribution in [0.1, 0.15) is 135 Å². The number of fused-ring (bicyclic) bond motifs is 8. The summed E-state index contributed by atoms with van der Waals surface area (Å²) in [5, 5.41) is 29.3. The maximum absolute atomic E-state index is 14.4. The van der Waals surface area contributed by atoms with E-state index in [1.165, 1.54) is 16.9 Å². The van der Waals surface area contributed by atoms with Crippen molar-refractivity contribution in [3.63, 3.8) is 0 Å². The van der Waals surface area contributed by atoms with Crippen molar-refractivity contribution in [3.8, 4) is 0 Å². The summed E-state index contributed by atoms with van der Waals surface area (Å²) in [4.78, 5) is 31.6. The highest BCUT2D eigenvalue weighted by atomic mass is 32.1. The van der Waals surface area contributed by atoms with Gasteiger partial charge in [-0.1, -0.05) is 86.4 Å². The Morgan fingerprint density at radius 1 is 1.00 bits per heavy atom. The number of nitrogens with zero attached hydrogens (tertiary/aromatic N) is 1. The van der Waals surface area contributed by atoms with Gasteiger partial charge in [0.2, 0.25) is 0 Å². The van der Waals surface area contributed by atoms with Gasteiger partial charge >= 0.3 is 6.03 Å². The van der Waals surface area contributed by atoms with Gasteiger partial charge in [0.15, 0.2) is 5.78 Å². The molecule has 1 aromatic heterocycles. The topological polar surface area (TPSA) is 89.9 Å². The number of hydrogen-bond acceptors (Lipinski definition) is 5. The normalized spacial score (nSPS) is 26.5. The van der Waals surface area contributed by atoms with Crippen molar-refractivity contribution in [2.45, 2.75) is 128 Å². The number of aliphatic hydroxyl groups is 2. The number of amides is 2. The maximum atomic E-state index is 14.4. The van der Waals surface area contributed by atoms with Crippen molar-refractivity contribution in [1.82, 2.24) is 10.2 Å². The van der Waals surface area contributed by atoms with Crippen molar-refractivity contribution < 1.29 is 19.8 Å². The molecule has 4 aliphatic carbocycles. The summed E-state index contributed by atoms with van der Waals surface area (Å²) >= 11 is 1.69. The third-order valence-electron chi connectivity index (χ3n) is 12.5. The fourth-order valence-electron chi connectivity index (χ4n) is 9.17. The molecule has 51 heavy (non-hydrogen) atoms. The second-order valence-corrected chi connectivity index (χ2v) is 17.0. The molecule has 3 aromatic rings. The predicted octanol–water partition coefficient (Wildman–Crippen LogP) is 9.57. The smallest absolute Gasteiger partial charge is 0.317 e. The van der Waals surface area contributed by atoms with Gasteiger partial charge in [-0.05, 0) is 118 Å². The number of thiophene rings is 1. The van der Waals surface area contributed by atoms with Crippen LogP contribution in [0.3, 0.4) is 0 Å². The van der Waals surface area contributed by atoms with Gasteiger partial charge in [0.25, 0.3) is 0 Å². The minimum atomic E-state index is -1.17. The van der Waals surface area contributed by atoms with Crippen LogP contribution in [0, 0.1) is 11.3 Å². The van der Waals surface area contributed by atoms with Gasteiger partial charge in [0.05, 0.1) is 24.3 Å². The lowest BCUT2D eigenvalue weighted by molar-refractivity contribution is -0.0769. The number of carbonyl (C=O) groups excluding carboxylic acids is 2. The fourth-order valence-corrected chi connectivity index (χ4v) is 9.87. The Morgan fingerprint density at radius 3 is 2.53 bits per heavy atom. The van der Waals surface area contributed by atoms with Crippen molar-refractivity contribution in [2.24, 2.45) is 11.3 Å². The first kappa shape index (κ1) is 37.5. The number of aliphatic hydroxyl groups excluding tert-OH is 1. The first-order valence-electron chi connectivity index (χ1n) is 19.4. The zero-order chi connectivity index (χ0) is 36.0. The van der Waals surface area contributed by atoms with Gasteiger partial charge < -0.3 is 20.4 Å². The number of rotatable bonds is 9. The van der Waals surface area contributed by atoms with E-state index in [2.05, 4.69) is 54.9 Å². The zero-order valence-electron chi connectivity index (χ0n) is 30.9. The van der Waals surface area contributed by atoms with E-state index in [0.717, 1.165) is 80.0 Å². The van der Waals surface area contributed by atoms with E-state index in [0.29, 0.717) is 25.8 Å². The number of ketones is 1. The summed E-state index contributed by atoms with van der Waals surface area (Å²) in [6.45, 7) is 7.08. The molecule has 3 N–H and O–H groups in total.